The number of halogens is 1. The topological polar surface area (TPSA) is 96.0 Å². The number of ether oxygens (including phenoxy) is 1. The van der Waals surface area contributed by atoms with Crippen LogP contribution in [-0.2, 0) is 32.6 Å². The first kappa shape index (κ1) is 32.6. The zero-order chi connectivity index (χ0) is 30.5. The molecule has 3 rings (SSSR count). The molecule has 0 aliphatic carbocycles. The standard InChI is InChI=1S/C32H40FN3O5S/c1-4-5-21-34-32(38)30(23-25-10-7-6-8-11-25)35(24-26-13-15-27(33)16-14-26)31(37)12-9-22-36(42(3,39)40)28-17-19-29(41-2)20-18-28/h6-8,10-11,13-20,30H,4-5,9,12,21-24H2,1-3H3,(H,34,38)/t30-/m0/s1. The molecule has 2 amide bonds. The molecule has 0 unspecified atom stereocenters. The van der Waals surface area contributed by atoms with Gasteiger partial charge in [-0.2, -0.15) is 0 Å². The van der Waals surface area contributed by atoms with E-state index >= 15 is 0 Å². The smallest absolute Gasteiger partial charge is 0.243 e. The summed E-state index contributed by atoms with van der Waals surface area (Å²) in [5.41, 5.74) is 2.04. The molecule has 42 heavy (non-hydrogen) atoms. The molecule has 0 radical (unpaired) electrons. The van der Waals surface area contributed by atoms with E-state index in [1.54, 1.807) is 36.4 Å². The number of sulfonamides is 1. The molecule has 0 fully saturated rings. The second-order valence-electron chi connectivity index (χ2n) is 10.1. The van der Waals surface area contributed by atoms with Crippen molar-refractivity contribution in [3.05, 3.63) is 95.8 Å². The molecule has 0 aliphatic rings. The lowest BCUT2D eigenvalue weighted by molar-refractivity contribution is -0.141. The van der Waals surface area contributed by atoms with Gasteiger partial charge in [-0.15, -0.1) is 0 Å². The van der Waals surface area contributed by atoms with E-state index in [4.69, 9.17) is 4.74 Å². The van der Waals surface area contributed by atoms with Crippen LogP contribution < -0.4 is 14.4 Å². The minimum atomic E-state index is -3.62. The molecule has 10 heteroatoms. The largest absolute Gasteiger partial charge is 0.497 e. The fraction of sp³-hybridized carbons (Fsp3) is 0.375. The number of methoxy groups -OCH3 is 1. The van der Waals surface area contributed by atoms with Crippen molar-refractivity contribution in [2.45, 2.75) is 51.6 Å². The van der Waals surface area contributed by atoms with Crippen LogP contribution in [0.3, 0.4) is 0 Å². The summed E-state index contributed by atoms with van der Waals surface area (Å²) in [6.07, 6.45) is 3.38. The Kier molecular flexibility index (Phi) is 12.3. The van der Waals surface area contributed by atoms with Crippen molar-refractivity contribution < 1.29 is 27.1 Å². The Hall–Kier alpha value is -3.92. The molecule has 0 bridgehead atoms. The van der Waals surface area contributed by atoms with Gasteiger partial charge in [-0.1, -0.05) is 55.8 Å². The number of benzene rings is 3. The minimum Gasteiger partial charge on any atom is -0.497 e. The average Bonchev–Trinajstić information content (AvgIpc) is 2.98. The first-order chi connectivity index (χ1) is 20.1. The third-order valence-electron chi connectivity index (χ3n) is 6.88. The summed E-state index contributed by atoms with van der Waals surface area (Å²) in [5.74, 6) is -0.359. The molecule has 226 valence electrons. The number of unbranched alkanes of at least 4 members (excludes halogenated alkanes) is 1. The molecule has 1 N–H and O–H groups in total. The van der Waals surface area contributed by atoms with Gasteiger partial charge in [-0.25, -0.2) is 12.8 Å². The number of amides is 2. The van der Waals surface area contributed by atoms with Crippen molar-refractivity contribution in [2.75, 3.05) is 30.8 Å². The predicted octanol–water partition coefficient (Wildman–Crippen LogP) is 4.94. The van der Waals surface area contributed by atoms with E-state index < -0.39 is 21.9 Å². The van der Waals surface area contributed by atoms with E-state index in [1.165, 1.54) is 28.4 Å². The SMILES string of the molecule is CCCCNC(=O)[C@H](Cc1ccccc1)N(Cc1ccc(F)cc1)C(=O)CCCN(c1ccc(OC)cc1)S(C)(=O)=O. The number of carbonyl (C=O) groups excluding carboxylic acids is 2. The van der Waals surface area contributed by atoms with Gasteiger partial charge in [-0.3, -0.25) is 13.9 Å². The van der Waals surface area contributed by atoms with Crippen LogP contribution in [0.4, 0.5) is 10.1 Å². The first-order valence-corrected chi connectivity index (χ1v) is 15.9. The van der Waals surface area contributed by atoms with E-state index in [0.717, 1.165) is 24.7 Å². The summed E-state index contributed by atoms with van der Waals surface area (Å²) in [5, 5.41) is 2.97. The maximum atomic E-state index is 13.8. The molecule has 0 spiro atoms. The first-order valence-electron chi connectivity index (χ1n) is 14.1. The molecule has 0 heterocycles. The van der Waals surface area contributed by atoms with Gasteiger partial charge in [0.05, 0.1) is 19.1 Å². The van der Waals surface area contributed by atoms with E-state index in [9.17, 15) is 22.4 Å². The molecule has 0 aliphatic heterocycles. The Morgan fingerprint density at radius 2 is 1.60 bits per heavy atom. The van der Waals surface area contributed by atoms with Crippen LogP contribution in [0.5, 0.6) is 5.75 Å². The summed E-state index contributed by atoms with van der Waals surface area (Å²) in [6, 6.07) is 21.1. The Bertz CT molecular complexity index is 1380. The Balaban J connectivity index is 1.85. The van der Waals surface area contributed by atoms with Crippen molar-refractivity contribution in [3.8, 4) is 5.75 Å². The van der Waals surface area contributed by atoms with Crippen LogP contribution in [0, 0.1) is 5.82 Å². The molecule has 8 nitrogen and oxygen atoms in total. The van der Waals surface area contributed by atoms with Crippen molar-refractivity contribution in [1.29, 1.82) is 0 Å². The Morgan fingerprint density at radius 1 is 0.929 bits per heavy atom. The second-order valence-corrected chi connectivity index (χ2v) is 12.0. The maximum absolute atomic E-state index is 13.8. The maximum Gasteiger partial charge on any atom is 0.243 e. The number of nitrogens with zero attached hydrogens (tertiary/aromatic N) is 2. The van der Waals surface area contributed by atoms with Gasteiger partial charge in [0.25, 0.3) is 0 Å². The monoisotopic (exact) mass is 597 g/mol. The van der Waals surface area contributed by atoms with Crippen LogP contribution in [0.2, 0.25) is 0 Å². The van der Waals surface area contributed by atoms with Gasteiger partial charge in [0.1, 0.15) is 17.6 Å². The number of anilines is 1. The normalized spacial score (nSPS) is 11.9. The van der Waals surface area contributed by atoms with E-state index in [-0.39, 0.29) is 37.7 Å². The van der Waals surface area contributed by atoms with Gasteiger partial charge in [-0.05, 0) is 60.4 Å². The number of nitrogens with one attached hydrogen (secondary N) is 1. The summed E-state index contributed by atoms with van der Waals surface area (Å²) in [6.45, 7) is 2.70. The molecule has 3 aromatic carbocycles. The molecule has 0 saturated carbocycles. The van der Waals surface area contributed by atoms with E-state index in [2.05, 4.69) is 5.32 Å². The zero-order valence-electron chi connectivity index (χ0n) is 24.5. The zero-order valence-corrected chi connectivity index (χ0v) is 25.3. The van der Waals surface area contributed by atoms with Gasteiger partial charge < -0.3 is 15.0 Å². The molecule has 1 atom stereocenters. The summed E-state index contributed by atoms with van der Waals surface area (Å²) in [4.78, 5) is 28.8. The number of hydrogen-bond donors (Lipinski definition) is 1. The number of carbonyl (C=O) groups is 2. The van der Waals surface area contributed by atoms with Crippen LogP contribution in [0.25, 0.3) is 0 Å². The van der Waals surface area contributed by atoms with Gasteiger partial charge in [0.2, 0.25) is 21.8 Å². The third kappa shape index (κ3) is 9.87. The van der Waals surface area contributed by atoms with E-state index in [0.29, 0.717) is 30.0 Å². The quantitative estimate of drug-likeness (QED) is 0.236. The third-order valence-corrected chi connectivity index (χ3v) is 8.07. The van der Waals surface area contributed by atoms with Crippen LogP contribution >= 0.6 is 0 Å². The predicted molar refractivity (Wildman–Crippen MR) is 163 cm³/mol. The van der Waals surface area contributed by atoms with Gasteiger partial charge >= 0.3 is 0 Å². The fourth-order valence-electron chi connectivity index (χ4n) is 4.60. The lowest BCUT2D eigenvalue weighted by Gasteiger charge is -2.32. The Labute approximate surface area is 248 Å². The lowest BCUT2D eigenvalue weighted by Crippen LogP contribution is -2.50. The molecule has 0 saturated heterocycles. The van der Waals surface area contributed by atoms with Crippen LogP contribution in [0.1, 0.15) is 43.7 Å². The highest BCUT2D eigenvalue weighted by Crippen LogP contribution is 2.23. The fourth-order valence-corrected chi connectivity index (χ4v) is 5.56. The minimum absolute atomic E-state index is 0.0108. The van der Waals surface area contributed by atoms with Crippen molar-refractivity contribution in [3.63, 3.8) is 0 Å². The highest BCUT2D eigenvalue weighted by Gasteiger charge is 2.30. The molecule has 3 aromatic rings. The van der Waals surface area contributed by atoms with Gasteiger partial charge in [0.15, 0.2) is 0 Å². The molecular formula is C32H40FN3O5S. The average molecular weight is 598 g/mol. The highest BCUT2D eigenvalue weighted by atomic mass is 32.2. The highest BCUT2D eigenvalue weighted by molar-refractivity contribution is 7.92. The van der Waals surface area contributed by atoms with Crippen molar-refractivity contribution in [1.82, 2.24) is 10.2 Å². The van der Waals surface area contributed by atoms with Crippen molar-refractivity contribution >= 4 is 27.5 Å². The summed E-state index contributed by atoms with van der Waals surface area (Å²) < 4.78 is 45.3. The van der Waals surface area contributed by atoms with Crippen LogP contribution in [-0.4, -0.2) is 57.6 Å². The molecule has 0 aromatic heterocycles. The van der Waals surface area contributed by atoms with Gasteiger partial charge in [0, 0.05) is 32.5 Å². The lowest BCUT2D eigenvalue weighted by atomic mass is 10.0. The summed E-state index contributed by atoms with van der Waals surface area (Å²) >= 11 is 0. The number of rotatable bonds is 16. The van der Waals surface area contributed by atoms with Crippen LogP contribution in [0.15, 0.2) is 78.9 Å². The van der Waals surface area contributed by atoms with E-state index in [1.807, 2.05) is 37.3 Å². The summed E-state index contributed by atoms with van der Waals surface area (Å²) in [7, 11) is -2.09. The Morgan fingerprint density at radius 3 is 2.19 bits per heavy atom. The number of hydrogen-bond acceptors (Lipinski definition) is 5. The second kappa shape index (κ2) is 15.9. The molecular weight excluding hydrogens is 557 g/mol. The van der Waals surface area contributed by atoms with Crippen molar-refractivity contribution in [2.24, 2.45) is 0 Å².